The fraction of sp³-hybridized carbons (Fsp3) is 0.639. The molecule has 2 aromatic rings. The Kier molecular flexibility index (Phi) is 10.3. The number of ether oxygens (including phenoxy) is 2. The summed E-state index contributed by atoms with van der Waals surface area (Å²) in [5.74, 6) is -0.340. The average molecular weight is 654 g/mol. The summed E-state index contributed by atoms with van der Waals surface area (Å²) in [4.78, 5) is 40.8. The van der Waals surface area contributed by atoms with Crippen molar-refractivity contribution in [3.8, 4) is 0 Å². The number of anilines is 1. The SMILES string of the molecule is C[C@@H]1CN(CC(=O)N2CC(C)(C)c3nc(CO)c(Cc4ccc(F)cc4)cc32)[C@@H](CN2[C@H](C)COC[C@H]2C)CN1C(=O)OC(C)(C)C. The second kappa shape index (κ2) is 13.8. The van der Waals surface area contributed by atoms with E-state index in [4.69, 9.17) is 14.5 Å². The number of fused-ring (bicyclic) bond motifs is 1. The first-order chi connectivity index (χ1) is 22.1. The zero-order chi connectivity index (χ0) is 34.3. The standard InChI is InChI=1S/C36H52FN5O5/c1-23-15-39(29(16-40-24(2)20-46-21-25(40)3)17-41(23)34(45)47-35(4,5)6)18-32(44)42-22-36(7,8)33-31(42)14-27(30(19-43)38-33)13-26-9-11-28(37)12-10-26/h9-12,14,23-25,29,43H,13,15-22H2,1-8H3/t23-,24-,25-,29+/m1/s1. The molecule has 4 heterocycles. The van der Waals surface area contributed by atoms with Crippen molar-refractivity contribution in [2.75, 3.05) is 50.8 Å². The highest BCUT2D eigenvalue weighted by Gasteiger charge is 2.43. The number of aliphatic hydroxyl groups is 1. The fourth-order valence-electron chi connectivity index (χ4n) is 7.12. The Bertz CT molecular complexity index is 1430. The molecule has 0 radical (unpaired) electrons. The summed E-state index contributed by atoms with van der Waals surface area (Å²) in [6, 6.07) is 8.46. The molecule has 47 heavy (non-hydrogen) atoms. The lowest BCUT2D eigenvalue weighted by Gasteiger charge is -2.48. The van der Waals surface area contributed by atoms with Gasteiger partial charge in [-0.15, -0.1) is 0 Å². The Morgan fingerprint density at radius 3 is 2.34 bits per heavy atom. The molecule has 0 unspecified atom stereocenters. The molecule has 1 aromatic heterocycles. The number of benzene rings is 1. The lowest BCUT2D eigenvalue weighted by Crippen LogP contribution is -2.65. The van der Waals surface area contributed by atoms with Gasteiger partial charge in [-0.25, -0.2) is 9.18 Å². The molecule has 1 N–H and O–H groups in total. The topological polar surface area (TPSA) is 98.7 Å². The van der Waals surface area contributed by atoms with Gasteiger partial charge in [0.25, 0.3) is 0 Å². The van der Waals surface area contributed by atoms with Crippen LogP contribution in [-0.4, -0.2) is 112 Å². The minimum Gasteiger partial charge on any atom is -0.444 e. The molecule has 10 nitrogen and oxygen atoms in total. The van der Waals surface area contributed by atoms with E-state index in [0.29, 0.717) is 51.5 Å². The van der Waals surface area contributed by atoms with Gasteiger partial charge in [0.15, 0.2) is 0 Å². The number of amides is 2. The maximum Gasteiger partial charge on any atom is 0.410 e. The van der Waals surface area contributed by atoms with Gasteiger partial charge >= 0.3 is 6.09 Å². The summed E-state index contributed by atoms with van der Waals surface area (Å²) in [7, 11) is 0. The molecule has 2 fully saturated rings. The van der Waals surface area contributed by atoms with Crippen molar-refractivity contribution in [3.63, 3.8) is 0 Å². The number of rotatable bonds is 7. The number of hydrogen-bond acceptors (Lipinski definition) is 8. The minimum absolute atomic E-state index is 0.0332. The molecule has 0 saturated carbocycles. The predicted molar refractivity (Wildman–Crippen MR) is 179 cm³/mol. The Morgan fingerprint density at radius 2 is 1.72 bits per heavy atom. The molecule has 2 amide bonds. The number of aliphatic hydroxyl groups excluding tert-OH is 1. The first-order valence-electron chi connectivity index (χ1n) is 16.8. The Balaban J connectivity index is 1.41. The van der Waals surface area contributed by atoms with Gasteiger partial charge in [0.05, 0.1) is 43.4 Å². The number of piperazine rings is 1. The third-order valence-corrected chi connectivity index (χ3v) is 9.61. The number of pyridine rings is 1. The highest BCUT2D eigenvalue weighted by Crippen LogP contribution is 2.41. The van der Waals surface area contributed by atoms with Crippen LogP contribution in [0, 0.1) is 5.82 Å². The molecule has 3 aliphatic heterocycles. The summed E-state index contributed by atoms with van der Waals surface area (Å²) in [5.41, 5.74) is 2.78. The number of carbonyl (C=O) groups excluding carboxylic acids is 2. The predicted octanol–water partition coefficient (Wildman–Crippen LogP) is 4.35. The van der Waals surface area contributed by atoms with Crippen molar-refractivity contribution in [1.29, 1.82) is 0 Å². The largest absolute Gasteiger partial charge is 0.444 e. The summed E-state index contributed by atoms with van der Waals surface area (Å²) in [6.45, 7) is 19.5. The van der Waals surface area contributed by atoms with Crippen LogP contribution in [0.4, 0.5) is 14.9 Å². The van der Waals surface area contributed by atoms with Crippen LogP contribution in [0.2, 0.25) is 0 Å². The summed E-state index contributed by atoms with van der Waals surface area (Å²) >= 11 is 0. The van der Waals surface area contributed by atoms with Crippen molar-refractivity contribution in [2.24, 2.45) is 0 Å². The van der Waals surface area contributed by atoms with Crippen LogP contribution in [0.5, 0.6) is 0 Å². The molecule has 1 aromatic carbocycles. The maximum atomic E-state index is 14.3. The zero-order valence-electron chi connectivity index (χ0n) is 29.3. The Hall–Kier alpha value is -3.12. The highest BCUT2D eigenvalue weighted by atomic mass is 19.1. The van der Waals surface area contributed by atoms with Crippen molar-refractivity contribution in [2.45, 2.75) is 104 Å². The third kappa shape index (κ3) is 7.96. The van der Waals surface area contributed by atoms with Crippen molar-refractivity contribution in [1.82, 2.24) is 19.7 Å². The fourth-order valence-corrected chi connectivity index (χ4v) is 7.12. The van der Waals surface area contributed by atoms with Gasteiger partial charge in [0.2, 0.25) is 5.91 Å². The summed E-state index contributed by atoms with van der Waals surface area (Å²) in [5, 5.41) is 10.2. The van der Waals surface area contributed by atoms with E-state index in [-0.39, 0.29) is 55.1 Å². The van der Waals surface area contributed by atoms with E-state index in [1.807, 2.05) is 43.6 Å². The molecule has 258 valence electrons. The monoisotopic (exact) mass is 653 g/mol. The van der Waals surface area contributed by atoms with Crippen molar-refractivity contribution in [3.05, 3.63) is 58.7 Å². The second-order valence-electron chi connectivity index (χ2n) is 15.3. The third-order valence-electron chi connectivity index (χ3n) is 9.61. The number of nitrogens with zero attached hydrogens (tertiary/aromatic N) is 5. The molecular formula is C36H52FN5O5. The lowest BCUT2D eigenvalue weighted by molar-refractivity contribution is -0.122. The van der Waals surface area contributed by atoms with E-state index < -0.39 is 11.0 Å². The van der Waals surface area contributed by atoms with Crippen LogP contribution >= 0.6 is 0 Å². The number of carbonyl (C=O) groups is 2. The maximum absolute atomic E-state index is 14.3. The highest BCUT2D eigenvalue weighted by molar-refractivity contribution is 5.97. The minimum atomic E-state index is -0.609. The zero-order valence-corrected chi connectivity index (χ0v) is 29.3. The van der Waals surface area contributed by atoms with Gasteiger partial charge in [-0.1, -0.05) is 26.0 Å². The molecule has 0 bridgehead atoms. The van der Waals surface area contributed by atoms with Gasteiger partial charge in [-0.05, 0) is 77.3 Å². The van der Waals surface area contributed by atoms with Gasteiger partial charge in [-0.3, -0.25) is 19.6 Å². The van der Waals surface area contributed by atoms with Gasteiger partial charge in [0, 0.05) is 55.8 Å². The summed E-state index contributed by atoms with van der Waals surface area (Å²) in [6.07, 6.45) is 0.125. The van der Waals surface area contributed by atoms with Crippen LogP contribution < -0.4 is 4.90 Å². The lowest BCUT2D eigenvalue weighted by atomic mass is 9.90. The Morgan fingerprint density at radius 1 is 1.06 bits per heavy atom. The van der Waals surface area contributed by atoms with Crippen LogP contribution in [0.25, 0.3) is 0 Å². The Labute approximate surface area is 278 Å². The molecule has 2 saturated heterocycles. The normalized spacial score (nSPS) is 25.1. The smallest absolute Gasteiger partial charge is 0.410 e. The van der Waals surface area contributed by atoms with E-state index in [1.54, 1.807) is 12.1 Å². The van der Waals surface area contributed by atoms with E-state index in [1.165, 1.54) is 12.1 Å². The second-order valence-corrected chi connectivity index (χ2v) is 15.3. The van der Waals surface area contributed by atoms with Crippen molar-refractivity contribution < 1.29 is 28.6 Å². The van der Waals surface area contributed by atoms with Crippen LogP contribution in [0.15, 0.2) is 30.3 Å². The van der Waals surface area contributed by atoms with Gasteiger partial charge < -0.3 is 24.4 Å². The molecular weight excluding hydrogens is 601 g/mol. The quantitative estimate of drug-likeness (QED) is 0.472. The van der Waals surface area contributed by atoms with Crippen LogP contribution in [-0.2, 0) is 32.7 Å². The van der Waals surface area contributed by atoms with E-state index in [9.17, 15) is 19.1 Å². The van der Waals surface area contributed by atoms with Crippen LogP contribution in [0.3, 0.4) is 0 Å². The van der Waals surface area contributed by atoms with E-state index >= 15 is 0 Å². The molecule has 11 heteroatoms. The first-order valence-corrected chi connectivity index (χ1v) is 16.8. The first kappa shape index (κ1) is 35.2. The molecule has 4 atom stereocenters. The number of morpholine rings is 1. The van der Waals surface area contributed by atoms with Crippen LogP contribution in [0.1, 0.15) is 77.9 Å². The average Bonchev–Trinajstić information content (AvgIpc) is 3.25. The number of hydrogen-bond donors (Lipinski definition) is 1. The van der Waals surface area contributed by atoms with E-state index in [2.05, 4.69) is 37.5 Å². The molecule has 0 aliphatic carbocycles. The van der Waals surface area contributed by atoms with Gasteiger partial charge in [0.1, 0.15) is 11.4 Å². The molecule has 3 aliphatic rings. The molecule has 0 spiro atoms. The van der Waals surface area contributed by atoms with Crippen molar-refractivity contribution >= 4 is 17.7 Å². The number of aromatic nitrogens is 1. The molecule has 5 rings (SSSR count). The summed E-state index contributed by atoms with van der Waals surface area (Å²) < 4.78 is 25.2. The van der Waals surface area contributed by atoms with E-state index in [0.717, 1.165) is 22.5 Å². The van der Waals surface area contributed by atoms with Gasteiger partial charge in [-0.2, -0.15) is 0 Å². The number of halogens is 1.